The fraction of sp³-hybridized carbons (Fsp3) is 0.500. The Labute approximate surface area is 107 Å². The first kappa shape index (κ1) is 14.9. The van der Waals surface area contributed by atoms with Gasteiger partial charge in [-0.15, -0.1) is 0 Å². The van der Waals surface area contributed by atoms with Crippen molar-refractivity contribution in [3.63, 3.8) is 0 Å². The minimum Gasteiger partial charge on any atom is -0.486 e. The Morgan fingerprint density at radius 3 is 2.67 bits per heavy atom. The molecule has 1 aromatic carbocycles. The quantitative estimate of drug-likeness (QED) is 0.827. The first-order chi connectivity index (χ1) is 8.44. The third kappa shape index (κ3) is 5.01. The molecule has 4 nitrogen and oxygen atoms in total. The molecule has 0 heterocycles. The van der Waals surface area contributed by atoms with E-state index in [1.165, 1.54) is 12.1 Å². The van der Waals surface area contributed by atoms with Crippen molar-refractivity contribution in [2.24, 2.45) is 0 Å². The normalized spacial score (nSPS) is 13.3. The molecule has 0 aromatic heterocycles. The maximum atomic E-state index is 13.3. The predicted molar refractivity (Wildman–Crippen MR) is 68.6 cm³/mol. The van der Waals surface area contributed by atoms with Gasteiger partial charge in [0.1, 0.15) is 6.10 Å². The van der Waals surface area contributed by atoms with Crippen LogP contribution in [0, 0.1) is 5.82 Å². The molecule has 0 spiro atoms. The van der Waals surface area contributed by atoms with Crippen LogP contribution in [0.3, 0.4) is 0 Å². The van der Waals surface area contributed by atoms with Crippen LogP contribution in [0.4, 0.5) is 4.39 Å². The first-order valence-corrected chi connectivity index (χ1v) is 7.48. The maximum absolute atomic E-state index is 13.3. The lowest BCUT2D eigenvalue weighted by molar-refractivity contribution is 0.215. The summed E-state index contributed by atoms with van der Waals surface area (Å²) in [7, 11) is -3.25. The second-order valence-electron chi connectivity index (χ2n) is 4.03. The highest BCUT2D eigenvalue weighted by Crippen LogP contribution is 2.16. The topological polar surface area (TPSA) is 55.4 Å². The van der Waals surface area contributed by atoms with Crippen molar-refractivity contribution < 1.29 is 17.5 Å². The smallest absolute Gasteiger partial charge is 0.211 e. The average molecular weight is 275 g/mol. The largest absolute Gasteiger partial charge is 0.486 e. The van der Waals surface area contributed by atoms with Crippen LogP contribution in [-0.2, 0) is 10.0 Å². The summed E-state index contributed by atoms with van der Waals surface area (Å²) in [6.45, 7) is 3.59. The van der Waals surface area contributed by atoms with E-state index in [2.05, 4.69) is 4.72 Å². The van der Waals surface area contributed by atoms with E-state index in [9.17, 15) is 12.8 Å². The number of hydrogen-bond acceptors (Lipinski definition) is 3. The molecule has 102 valence electrons. The summed E-state index contributed by atoms with van der Waals surface area (Å²) in [5, 5.41) is 0. The third-order valence-corrected chi connectivity index (χ3v) is 3.78. The zero-order valence-electron chi connectivity index (χ0n) is 10.5. The van der Waals surface area contributed by atoms with Gasteiger partial charge in [-0.2, -0.15) is 0 Å². The Kier molecular flexibility index (Phi) is 5.55. The highest BCUT2D eigenvalue weighted by atomic mass is 32.2. The number of para-hydroxylation sites is 1. The number of hydrogen-bond donors (Lipinski definition) is 1. The molecule has 0 fully saturated rings. The van der Waals surface area contributed by atoms with E-state index in [0.717, 1.165) is 0 Å². The van der Waals surface area contributed by atoms with E-state index < -0.39 is 21.9 Å². The second kappa shape index (κ2) is 6.70. The highest BCUT2D eigenvalue weighted by Gasteiger charge is 2.12. The van der Waals surface area contributed by atoms with Crippen molar-refractivity contribution in [2.45, 2.75) is 26.4 Å². The first-order valence-electron chi connectivity index (χ1n) is 5.83. The van der Waals surface area contributed by atoms with Crippen molar-refractivity contribution in [1.82, 2.24) is 4.72 Å². The summed E-state index contributed by atoms with van der Waals surface area (Å²) in [6, 6.07) is 6.03. The van der Waals surface area contributed by atoms with E-state index in [-0.39, 0.29) is 18.0 Å². The summed E-state index contributed by atoms with van der Waals surface area (Å²) in [5.41, 5.74) is 0. The van der Waals surface area contributed by atoms with Gasteiger partial charge in [0.25, 0.3) is 0 Å². The molecule has 0 aliphatic carbocycles. The van der Waals surface area contributed by atoms with Crippen LogP contribution in [-0.4, -0.2) is 26.8 Å². The van der Waals surface area contributed by atoms with Gasteiger partial charge in [0.2, 0.25) is 10.0 Å². The van der Waals surface area contributed by atoms with Gasteiger partial charge in [0, 0.05) is 6.54 Å². The molecule has 18 heavy (non-hydrogen) atoms. The molecule has 0 radical (unpaired) electrons. The molecule has 6 heteroatoms. The summed E-state index contributed by atoms with van der Waals surface area (Å²) in [5.74, 6) is -0.250. The molecular formula is C12H18FNO3S. The number of halogens is 1. The maximum Gasteiger partial charge on any atom is 0.211 e. The molecule has 0 bridgehead atoms. The highest BCUT2D eigenvalue weighted by molar-refractivity contribution is 7.89. The lowest BCUT2D eigenvalue weighted by atomic mass is 10.3. The number of sulfonamides is 1. The average Bonchev–Trinajstić information content (AvgIpc) is 2.30. The second-order valence-corrected chi connectivity index (χ2v) is 5.95. The molecule has 0 aliphatic heterocycles. The van der Waals surface area contributed by atoms with Crippen LogP contribution in [0.1, 0.15) is 20.3 Å². The van der Waals surface area contributed by atoms with Gasteiger partial charge in [0.15, 0.2) is 11.6 Å². The SMILES string of the molecule is CCCS(=O)(=O)NC[C@@H](C)Oc1ccccc1F. The van der Waals surface area contributed by atoms with E-state index >= 15 is 0 Å². The van der Waals surface area contributed by atoms with Gasteiger partial charge in [-0.25, -0.2) is 17.5 Å². The monoisotopic (exact) mass is 275 g/mol. The Hall–Kier alpha value is -1.14. The summed E-state index contributed by atoms with van der Waals surface area (Å²) < 4.78 is 43.8. The summed E-state index contributed by atoms with van der Waals surface area (Å²) >= 11 is 0. The Bertz CT molecular complexity index is 476. The van der Waals surface area contributed by atoms with E-state index in [0.29, 0.717) is 6.42 Å². The zero-order chi connectivity index (χ0) is 13.6. The van der Waals surface area contributed by atoms with Crippen LogP contribution in [0.15, 0.2) is 24.3 Å². The number of benzene rings is 1. The van der Waals surface area contributed by atoms with Gasteiger partial charge < -0.3 is 4.74 Å². The molecule has 0 amide bonds. The molecule has 1 atom stereocenters. The van der Waals surface area contributed by atoms with Crippen LogP contribution >= 0.6 is 0 Å². The summed E-state index contributed by atoms with van der Waals surface area (Å²) in [6.07, 6.45) is 0.117. The van der Waals surface area contributed by atoms with E-state index in [1.54, 1.807) is 26.0 Å². The van der Waals surface area contributed by atoms with Gasteiger partial charge in [-0.1, -0.05) is 19.1 Å². The van der Waals surface area contributed by atoms with Crippen LogP contribution in [0.25, 0.3) is 0 Å². The minimum atomic E-state index is -3.25. The van der Waals surface area contributed by atoms with Crippen LogP contribution < -0.4 is 9.46 Å². The van der Waals surface area contributed by atoms with Gasteiger partial charge in [0.05, 0.1) is 5.75 Å². The zero-order valence-corrected chi connectivity index (χ0v) is 11.3. The Balaban J connectivity index is 2.48. The van der Waals surface area contributed by atoms with Crippen molar-refractivity contribution in [1.29, 1.82) is 0 Å². The van der Waals surface area contributed by atoms with Crippen molar-refractivity contribution in [3.05, 3.63) is 30.1 Å². The summed E-state index contributed by atoms with van der Waals surface area (Å²) in [4.78, 5) is 0. The molecule has 1 N–H and O–H groups in total. The van der Waals surface area contributed by atoms with Crippen molar-refractivity contribution in [2.75, 3.05) is 12.3 Å². The van der Waals surface area contributed by atoms with E-state index in [4.69, 9.17) is 4.74 Å². The molecule has 0 saturated heterocycles. The lowest BCUT2D eigenvalue weighted by Gasteiger charge is -2.15. The molecule has 1 rings (SSSR count). The number of rotatable bonds is 7. The van der Waals surface area contributed by atoms with Gasteiger partial charge in [-0.3, -0.25) is 0 Å². The van der Waals surface area contributed by atoms with Gasteiger partial charge in [-0.05, 0) is 25.5 Å². The molecule has 0 unspecified atom stereocenters. The molecule has 0 saturated carbocycles. The minimum absolute atomic E-state index is 0.0828. The van der Waals surface area contributed by atoms with Crippen molar-refractivity contribution >= 4 is 10.0 Å². The number of nitrogens with one attached hydrogen (secondary N) is 1. The van der Waals surface area contributed by atoms with Crippen LogP contribution in [0.5, 0.6) is 5.75 Å². The molecule has 1 aromatic rings. The Morgan fingerprint density at radius 2 is 2.06 bits per heavy atom. The third-order valence-electron chi connectivity index (χ3n) is 2.23. The predicted octanol–water partition coefficient (Wildman–Crippen LogP) is 1.92. The van der Waals surface area contributed by atoms with E-state index in [1.807, 2.05) is 0 Å². The fourth-order valence-corrected chi connectivity index (χ4v) is 2.55. The van der Waals surface area contributed by atoms with Crippen LogP contribution in [0.2, 0.25) is 0 Å². The number of ether oxygens (including phenoxy) is 1. The lowest BCUT2D eigenvalue weighted by Crippen LogP contribution is -2.35. The van der Waals surface area contributed by atoms with Gasteiger partial charge >= 0.3 is 0 Å². The molecule has 0 aliphatic rings. The fourth-order valence-electron chi connectivity index (χ4n) is 1.38. The molecular weight excluding hydrogens is 257 g/mol. The Morgan fingerprint density at radius 1 is 1.39 bits per heavy atom. The van der Waals surface area contributed by atoms with Crippen molar-refractivity contribution in [3.8, 4) is 5.75 Å². The standard InChI is InChI=1S/C12H18FNO3S/c1-3-8-18(15,16)14-9-10(2)17-12-7-5-4-6-11(12)13/h4-7,10,14H,3,8-9H2,1-2H3/t10-/m1/s1.